The highest BCUT2D eigenvalue weighted by atomic mass is 16.2. The second-order valence-electron chi connectivity index (χ2n) is 8.97. The molecule has 1 saturated heterocycles. The zero-order chi connectivity index (χ0) is 24.5. The fourth-order valence-electron chi connectivity index (χ4n) is 3.95. The van der Waals surface area contributed by atoms with Gasteiger partial charge in [0.1, 0.15) is 6.04 Å². The number of carbonyl (C=O) groups is 4. The van der Waals surface area contributed by atoms with E-state index in [0.29, 0.717) is 45.6 Å². The first-order valence-corrected chi connectivity index (χ1v) is 11.7. The van der Waals surface area contributed by atoms with Crippen molar-refractivity contribution in [3.8, 4) is 0 Å². The highest BCUT2D eigenvalue weighted by Crippen LogP contribution is 2.13. The van der Waals surface area contributed by atoms with Crippen LogP contribution in [0, 0.1) is 5.92 Å². The van der Waals surface area contributed by atoms with Crippen LogP contribution >= 0.6 is 0 Å². The van der Waals surface area contributed by atoms with Crippen molar-refractivity contribution in [1.29, 1.82) is 0 Å². The van der Waals surface area contributed by atoms with Crippen LogP contribution in [0.4, 0.5) is 0 Å². The Kier molecular flexibility index (Phi) is 9.87. The van der Waals surface area contributed by atoms with Crippen molar-refractivity contribution < 1.29 is 19.2 Å². The molecule has 0 radical (unpaired) electrons. The number of hydrogen-bond acceptors (Lipinski definition) is 5. The number of guanidine groups is 1. The summed E-state index contributed by atoms with van der Waals surface area (Å²) >= 11 is 0. The average Bonchev–Trinajstić information content (AvgIpc) is 3.10. The van der Waals surface area contributed by atoms with E-state index in [4.69, 9.17) is 4.99 Å². The Morgan fingerprint density at radius 1 is 1.00 bits per heavy atom. The predicted octanol–water partition coefficient (Wildman–Crippen LogP) is 0.304. The van der Waals surface area contributed by atoms with Crippen LogP contribution in [0.2, 0.25) is 0 Å². The van der Waals surface area contributed by atoms with Crippen molar-refractivity contribution in [2.75, 3.05) is 53.9 Å². The average molecular weight is 463 g/mol. The Morgan fingerprint density at radius 2 is 1.58 bits per heavy atom. The van der Waals surface area contributed by atoms with Crippen molar-refractivity contribution in [3.05, 3.63) is 12.2 Å². The maximum Gasteiger partial charge on any atom is 0.253 e. The molecule has 0 aromatic heterocycles. The van der Waals surface area contributed by atoms with E-state index in [1.165, 1.54) is 17.1 Å². The zero-order valence-electron chi connectivity index (χ0n) is 20.5. The number of aliphatic imine (C=N–C) groups is 1. The first-order valence-electron chi connectivity index (χ1n) is 11.7. The maximum atomic E-state index is 12.6. The van der Waals surface area contributed by atoms with Crippen LogP contribution in [0.15, 0.2) is 17.1 Å². The third-order valence-electron chi connectivity index (χ3n) is 5.89. The van der Waals surface area contributed by atoms with E-state index in [0.717, 1.165) is 18.8 Å². The second-order valence-corrected chi connectivity index (χ2v) is 8.97. The molecule has 2 heterocycles. The molecule has 0 saturated carbocycles. The third-order valence-corrected chi connectivity index (χ3v) is 5.89. The molecule has 184 valence electrons. The van der Waals surface area contributed by atoms with E-state index in [-0.39, 0.29) is 29.5 Å². The van der Waals surface area contributed by atoms with Crippen molar-refractivity contribution in [2.45, 2.75) is 45.6 Å². The largest absolute Gasteiger partial charge is 0.357 e. The molecule has 1 unspecified atom stereocenters. The maximum absolute atomic E-state index is 12.6. The van der Waals surface area contributed by atoms with Crippen LogP contribution < -0.4 is 5.32 Å². The minimum atomic E-state index is -0.464. The van der Waals surface area contributed by atoms with E-state index in [2.05, 4.69) is 10.2 Å². The van der Waals surface area contributed by atoms with Gasteiger partial charge in [-0.05, 0) is 18.8 Å². The fraction of sp³-hybridized carbons (Fsp3) is 0.696. The quantitative estimate of drug-likeness (QED) is 0.229. The molecule has 1 fully saturated rings. The molecule has 10 nitrogen and oxygen atoms in total. The monoisotopic (exact) mass is 462 g/mol. The molecule has 0 bridgehead atoms. The van der Waals surface area contributed by atoms with Gasteiger partial charge in [0.05, 0.1) is 0 Å². The van der Waals surface area contributed by atoms with Crippen LogP contribution in [0.1, 0.15) is 39.5 Å². The van der Waals surface area contributed by atoms with Gasteiger partial charge in [-0.25, -0.2) is 4.99 Å². The highest BCUT2D eigenvalue weighted by Gasteiger charge is 2.27. The summed E-state index contributed by atoms with van der Waals surface area (Å²) in [5, 5.41) is 2.69. The zero-order valence-corrected chi connectivity index (χ0v) is 20.5. The molecule has 2 rings (SSSR count). The summed E-state index contributed by atoms with van der Waals surface area (Å²) in [5.74, 6) is 0.325. The number of rotatable bonds is 9. The van der Waals surface area contributed by atoms with Gasteiger partial charge in [-0.1, -0.05) is 20.3 Å². The Balaban J connectivity index is 1.79. The van der Waals surface area contributed by atoms with Gasteiger partial charge in [0.25, 0.3) is 11.8 Å². The lowest BCUT2D eigenvalue weighted by Gasteiger charge is -2.38. The molecule has 0 aromatic carbocycles. The van der Waals surface area contributed by atoms with Crippen molar-refractivity contribution in [1.82, 2.24) is 24.9 Å². The third kappa shape index (κ3) is 7.30. The topological polar surface area (TPSA) is 106 Å². The number of imide groups is 1. The molecule has 4 amide bonds. The first-order chi connectivity index (χ1) is 15.6. The second kappa shape index (κ2) is 12.4. The van der Waals surface area contributed by atoms with E-state index >= 15 is 0 Å². The number of nitrogens with zero attached hydrogens (tertiary/aromatic N) is 5. The molecule has 1 N–H and O–H groups in total. The number of carbonyl (C=O) groups excluding carboxylic acids is 4. The molecule has 0 aromatic rings. The summed E-state index contributed by atoms with van der Waals surface area (Å²) < 4.78 is 0. The van der Waals surface area contributed by atoms with Gasteiger partial charge in [-0.3, -0.25) is 24.1 Å². The SMILES string of the molecule is CNC(=O)C(N=C(N(C)C)N1CCN(C(=O)CCCCCN2C(=O)C=CC2=O)CC1)C(C)C. The number of likely N-dealkylation sites (N-methyl/N-ethyl adjacent to an activating group) is 1. The summed E-state index contributed by atoms with van der Waals surface area (Å²) in [5.41, 5.74) is 0. The van der Waals surface area contributed by atoms with Crippen molar-refractivity contribution >= 4 is 29.6 Å². The van der Waals surface area contributed by atoms with Gasteiger partial charge in [-0.15, -0.1) is 0 Å². The summed E-state index contributed by atoms with van der Waals surface area (Å²) in [6, 6.07) is -0.464. The van der Waals surface area contributed by atoms with E-state index in [1.54, 1.807) is 7.05 Å². The predicted molar refractivity (Wildman–Crippen MR) is 126 cm³/mol. The molecular formula is C23H38N6O4. The number of unbranched alkanes of at least 4 members (excludes halogenated alkanes) is 2. The van der Waals surface area contributed by atoms with Gasteiger partial charge in [0.15, 0.2) is 5.96 Å². The summed E-state index contributed by atoms with van der Waals surface area (Å²) in [7, 11) is 5.45. The Morgan fingerprint density at radius 3 is 2.09 bits per heavy atom. The normalized spacial score (nSPS) is 17.8. The van der Waals surface area contributed by atoms with Crippen LogP contribution in [-0.2, 0) is 19.2 Å². The lowest BCUT2D eigenvalue weighted by Crippen LogP contribution is -2.54. The molecule has 2 aliphatic rings. The minimum absolute atomic E-state index is 0.0701. The summed E-state index contributed by atoms with van der Waals surface area (Å²) in [6.45, 7) is 6.90. The smallest absolute Gasteiger partial charge is 0.253 e. The van der Waals surface area contributed by atoms with Gasteiger partial charge in [-0.2, -0.15) is 0 Å². The van der Waals surface area contributed by atoms with Gasteiger partial charge in [0.2, 0.25) is 11.8 Å². The first kappa shape index (κ1) is 26.3. The number of hydrogen-bond donors (Lipinski definition) is 1. The van der Waals surface area contributed by atoms with Crippen LogP contribution in [0.3, 0.4) is 0 Å². The lowest BCUT2D eigenvalue weighted by atomic mass is 10.0. The summed E-state index contributed by atoms with van der Waals surface area (Å²) in [4.78, 5) is 59.8. The van der Waals surface area contributed by atoms with E-state index in [9.17, 15) is 19.2 Å². The molecule has 33 heavy (non-hydrogen) atoms. The van der Waals surface area contributed by atoms with Crippen LogP contribution in [0.25, 0.3) is 0 Å². The molecule has 0 spiro atoms. The molecule has 0 aliphatic carbocycles. The fourth-order valence-corrected chi connectivity index (χ4v) is 3.95. The van der Waals surface area contributed by atoms with Gasteiger partial charge < -0.3 is 20.0 Å². The Labute approximate surface area is 196 Å². The van der Waals surface area contributed by atoms with Crippen molar-refractivity contribution in [3.63, 3.8) is 0 Å². The standard InChI is InChI=1S/C23H38N6O4/c1-17(2)21(22(33)24-3)25-23(26(4)5)28-15-13-27(14-16-28)18(30)9-7-6-8-12-29-19(31)10-11-20(29)32/h10-11,17,21H,6-9,12-16H2,1-5H3,(H,24,33). The lowest BCUT2D eigenvalue weighted by molar-refractivity contribution is -0.137. The van der Waals surface area contributed by atoms with Crippen LogP contribution in [0.5, 0.6) is 0 Å². The van der Waals surface area contributed by atoms with E-state index in [1.807, 2.05) is 37.7 Å². The number of amides is 4. The Bertz CT molecular complexity index is 766. The molecule has 10 heteroatoms. The molecule has 2 aliphatic heterocycles. The molecular weight excluding hydrogens is 424 g/mol. The van der Waals surface area contributed by atoms with E-state index < -0.39 is 6.04 Å². The van der Waals surface area contributed by atoms with Crippen molar-refractivity contribution in [2.24, 2.45) is 10.9 Å². The summed E-state index contributed by atoms with van der Waals surface area (Å²) in [6.07, 6.45) is 5.26. The highest BCUT2D eigenvalue weighted by molar-refractivity contribution is 6.12. The van der Waals surface area contributed by atoms with Gasteiger partial charge >= 0.3 is 0 Å². The number of piperazine rings is 1. The minimum Gasteiger partial charge on any atom is -0.357 e. The number of nitrogens with one attached hydrogen (secondary N) is 1. The van der Waals surface area contributed by atoms with Gasteiger partial charge in [0, 0.05) is 72.4 Å². The Hall–Kier alpha value is -2.91. The van der Waals surface area contributed by atoms with Crippen LogP contribution in [-0.4, -0.2) is 109 Å². The molecule has 1 atom stereocenters.